The van der Waals surface area contributed by atoms with Gasteiger partial charge in [-0.05, 0) is 5.92 Å². The molecule has 1 N–H and O–H groups in total. The zero-order valence-corrected chi connectivity index (χ0v) is 10.1. The summed E-state index contributed by atoms with van der Waals surface area (Å²) in [6.45, 7) is 2.57. The summed E-state index contributed by atoms with van der Waals surface area (Å²) >= 11 is 1.63. The van der Waals surface area contributed by atoms with Crippen LogP contribution in [0.2, 0.25) is 0 Å². The van der Waals surface area contributed by atoms with Crippen LogP contribution in [0.1, 0.15) is 12.1 Å². The Bertz CT molecular complexity index is 513. The molecule has 3 rings (SSSR count). The molecule has 0 aliphatic carbocycles. The molecule has 17 heavy (non-hydrogen) atoms. The van der Waals surface area contributed by atoms with Crippen molar-refractivity contribution in [2.24, 2.45) is 5.92 Å². The van der Waals surface area contributed by atoms with Gasteiger partial charge in [-0.3, -0.25) is 14.1 Å². The molecule has 5 nitrogen and oxygen atoms in total. The summed E-state index contributed by atoms with van der Waals surface area (Å²) in [7, 11) is 0. The van der Waals surface area contributed by atoms with Crippen molar-refractivity contribution in [3.05, 3.63) is 23.5 Å². The maximum Gasteiger partial charge on any atom is 0.303 e. The second kappa shape index (κ2) is 4.12. The average Bonchev–Trinajstić information content (AvgIpc) is 2.73. The lowest BCUT2D eigenvalue weighted by Gasteiger charge is -2.38. The highest BCUT2D eigenvalue weighted by atomic mass is 32.1. The lowest BCUT2D eigenvalue weighted by molar-refractivity contribution is -0.139. The van der Waals surface area contributed by atoms with Crippen molar-refractivity contribution in [3.8, 4) is 0 Å². The smallest absolute Gasteiger partial charge is 0.303 e. The molecule has 1 saturated heterocycles. The summed E-state index contributed by atoms with van der Waals surface area (Å²) in [5.74, 6) is -0.381. The van der Waals surface area contributed by atoms with Gasteiger partial charge in [0, 0.05) is 37.4 Å². The number of hydrogen-bond donors (Lipinski definition) is 1. The fourth-order valence-electron chi connectivity index (χ4n) is 2.26. The normalized spacial score (nSPS) is 17.4. The Morgan fingerprint density at radius 2 is 2.41 bits per heavy atom. The number of nitrogens with zero attached hydrogens (tertiary/aromatic N) is 3. The van der Waals surface area contributed by atoms with Crippen LogP contribution in [0.4, 0.5) is 0 Å². The van der Waals surface area contributed by atoms with Crippen LogP contribution in [0.5, 0.6) is 0 Å². The molecule has 0 spiro atoms. The van der Waals surface area contributed by atoms with E-state index in [1.165, 1.54) is 0 Å². The van der Waals surface area contributed by atoms with Crippen molar-refractivity contribution in [2.45, 2.75) is 13.0 Å². The SMILES string of the molecule is O=C(O)CC1CN(Cc2cn3ccsc3n2)C1. The number of carboxylic acid groups (broad SMARTS) is 1. The summed E-state index contributed by atoms with van der Waals surface area (Å²) in [5.41, 5.74) is 1.06. The lowest BCUT2D eigenvalue weighted by atomic mass is 9.96. The van der Waals surface area contributed by atoms with Gasteiger partial charge in [-0.25, -0.2) is 4.98 Å². The summed E-state index contributed by atoms with van der Waals surface area (Å²) in [6, 6.07) is 0. The second-order valence-electron chi connectivity index (χ2n) is 4.48. The van der Waals surface area contributed by atoms with Crippen LogP contribution in [0.15, 0.2) is 17.8 Å². The number of rotatable bonds is 4. The van der Waals surface area contributed by atoms with Crippen LogP contribution in [0, 0.1) is 5.92 Å². The number of aromatic nitrogens is 2. The maximum atomic E-state index is 10.5. The third-order valence-corrected chi connectivity index (χ3v) is 3.80. The Morgan fingerprint density at radius 3 is 3.12 bits per heavy atom. The van der Waals surface area contributed by atoms with Gasteiger partial charge in [0.1, 0.15) is 0 Å². The zero-order chi connectivity index (χ0) is 11.8. The van der Waals surface area contributed by atoms with Crippen molar-refractivity contribution in [1.82, 2.24) is 14.3 Å². The minimum Gasteiger partial charge on any atom is -0.481 e. The van der Waals surface area contributed by atoms with E-state index in [9.17, 15) is 4.79 Å². The van der Waals surface area contributed by atoms with Crippen LogP contribution in [0.25, 0.3) is 4.96 Å². The average molecular weight is 251 g/mol. The van der Waals surface area contributed by atoms with E-state index in [-0.39, 0.29) is 6.42 Å². The molecule has 3 heterocycles. The summed E-state index contributed by atoms with van der Waals surface area (Å²) < 4.78 is 2.02. The highest BCUT2D eigenvalue weighted by molar-refractivity contribution is 7.15. The van der Waals surface area contributed by atoms with E-state index in [0.29, 0.717) is 5.92 Å². The first-order valence-electron chi connectivity index (χ1n) is 5.56. The van der Waals surface area contributed by atoms with Gasteiger partial charge in [0.25, 0.3) is 0 Å². The fraction of sp³-hybridized carbons (Fsp3) is 0.455. The van der Waals surface area contributed by atoms with Gasteiger partial charge < -0.3 is 5.11 Å². The number of fused-ring (bicyclic) bond motifs is 1. The van der Waals surface area contributed by atoms with E-state index in [2.05, 4.69) is 9.88 Å². The van der Waals surface area contributed by atoms with Gasteiger partial charge in [-0.15, -0.1) is 11.3 Å². The minimum atomic E-state index is -0.697. The number of likely N-dealkylation sites (tertiary alicyclic amines) is 1. The number of hydrogen-bond acceptors (Lipinski definition) is 4. The van der Waals surface area contributed by atoms with Crippen LogP contribution >= 0.6 is 11.3 Å². The van der Waals surface area contributed by atoms with Gasteiger partial charge in [0.2, 0.25) is 0 Å². The first-order valence-corrected chi connectivity index (χ1v) is 6.44. The molecular weight excluding hydrogens is 238 g/mol. The molecule has 2 aromatic heterocycles. The Hall–Kier alpha value is -1.40. The topological polar surface area (TPSA) is 57.8 Å². The number of aliphatic carboxylic acids is 1. The summed E-state index contributed by atoms with van der Waals surface area (Å²) in [4.78, 5) is 18.3. The van der Waals surface area contributed by atoms with Gasteiger partial charge in [-0.1, -0.05) is 0 Å². The van der Waals surface area contributed by atoms with Crippen LogP contribution in [-0.2, 0) is 11.3 Å². The quantitative estimate of drug-likeness (QED) is 0.890. The molecule has 6 heteroatoms. The molecular formula is C11H13N3O2S. The molecule has 1 fully saturated rings. The number of imidazole rings is 1. The molecule has 0 radical (unpaired) electrons. The van der Waals surface area contributed by atoms with E-state index in [0.717, 1.165) is 30.3 Å². The molecule has 0 saturated carbocycles. The first-order chi connectivity index (χ1) is 8.20. The molecule has 0 bridgehead atoms. The molecule has 2 aromatic rings. The van der Waals surface area contributed by atoms with Gasteiger partial charge in [-0.2, -0.15) is 0 Å². The zero-order valence-electron chi connectivity index (χ0n) is 9.24. The predicted molar refractivity (Wildman–Crippen MR) is 64.1 cm³/mol. The Kier molecular flexibility index (Phi) is 2.60. The van der Waals surface area contributed by atoms with Crippen molar-refractivity contribution in [1.29, 1.82) is 0 Å². The van der Waals surface area contributed by atoms with E-state index >= 15 is 0 Å². The van der Waals surface area contributed by atoms with Crippen molar-refractivity contribution < 1.29 is 9.90 Å². The fourth-order valence-corrected chi connectivity index (χ4v) is 2.98. The molecule has 1 aliphatic heterocycles. The van der Waals surface area contributed by atoms with Crippen LogP contribution in [0.3, 0.4) is 0 Å². The van der Waals surface area contributed by atoms with E-state index in [1.54, 1.807) is 11.3 Å². The second-order valence-corrected chi connectivity index (χ2v) is 5.36. The van der Waals surface area contributed by atoms with E-state index < -0.39 is 5.97 Å². The number of thiazole rings is 1. The lowest BCUT2D eigenvalue weighted by Crippen LogP contribution is -2.46. The molecule has 90 valence electrons. The number of carboxylic acids is 1. The van der Waals surface area contributed by atoms with Gasteiger partial charge in [0.15, 0.2) is 4.96 Å². The van der Waals surface area contributed by atoms with Gasteiger partial charge in [0.05, 0.1) is 12.1 Å². The third kappa shape index (κ3) is 2.18. The van der Waals surface area contributed by atoms with Gasteiger partial charge >= 0.3 is 5.97 Å². The Morgan fingerprint density at radius 1 is 1.59 bits per heavy atom. The molecule has 1 aliphatic rings. The van der Waals surface area contributed by atoms with Crippen molar-refractivity contribution in [2.75, 3.05) is 13.1 Å². The highest BCUT2D eigenvalue weighted by Crippen LogP contribution is 2.21. The Balaban J connectivity index is 1.55. The van der Waals surface area contributed by atoms with Crippen LogP contribution < -0.4 is 0 Å². The predicted octanol–water partition coefficient (Wildman–Crippen LogP) is 1.30. The third-order valence-electron chi connectivity index (χ3n) is 3.02. The monoisotopic (exact) mass is 251 g/mol. The highest BCUT2D eigenvalue weighted by Gasteiger charge is 2.28. The molecule has 0 amide bonds. The van der Waals surface area contributed by atoms with Crippen molar-refractivity contribution >= 4 is 22.3 Å². The molecule has 0 atom stereocenters. The van der Waals surface area contributed by atoms with E-state index in [4.69, 9.17) is 5.11 Å². The molecule has 0 unspecified atom stereocenters. The number of carbonyl (C=O) groups is 1. The maximum absolute atomic E-state index is 10.5. The first kappa shape index (κ1) is 10.7. The van der Waals surface area contributed by atoms with E-state index in [1.807, 2.05) is 22.2 Å². The molecule has 0 aromatic carbocycles. The largest absolute Gasteiger partial charge is 0.481 e. The van der Waals surface area contributed by atoms with Crippen LogP contribution in [-0.4, -0.2) is 38.4 Å². The summed E-state index contributed by atoms with van der Waals surface area (Å²) in [5, 5.41) is 10.7. The Labute approximate surface area is 102 Å². The summed E-state index contributed by atoms with van der Waals surface area (Å²) in [6.07, 6.45) is 4.32. The minimum absolute atomic E-state index is 0.286. The van der Waals surface area contributed by atoms with Crippen molar-refractivity contribution in [3.63, 3.8) is 0 Å². The standard InChI is InChI=1S/C11H13N3O2S/c15-10(16)3-8-4-13(5-8)6-9-7-14-1-2-17-11(14)12-9/h1-2,7-8H,3-6H2,(H,15,16).